The van der Waals surface area contributed by atoms with Gasteiger partial charge in [-0.2, -0.15) is 0 Å². The van der Waals surface area contributed by atoms with E-state index in [1.54, 1.807) is 6.26 Å². The highest BCUT2D eigenvalue weighted by molar-refractivity contribution is 4.97. The van der Waals surface area contributed by atoms with Crippen LogP contribution >= 0.6 is 0 Å². The van der Waals surface area contributed by atoms with Crippen LogP contribution in [0.25, 0.3) is 0 Å². The van der Waals surface area contributed by atoms with Gasteiger partial charge in [-0.05, 0) is 39.6 Å². The molecule has 4 heteroatoms. The summed E-state index contributed by atoms with van der Waals surface area (Å²) in [5.41, 5.74) is 0. The summed E-state index contributed by atoms with van der Waals surface area (Å²) in [5.74, 6) is 1.01. The van der Waals surface area contributed by atoms with Gasteiger partial charge in [-0.15, -0.1) is 0 Å². The second kappa shape index (κ2) is 6.36. The molecule has 2 heterocycles. The molecule has 0 aliphatic carbocycles. The van der Waals surface area contributed by atoms with Gasteiger partial charge in [-0.1, -0.05) is 0 Å². The summed E-state index contributed by atoms with van der Waals surface area (Å²) in [5, 5.41) is 3.46. The Morgan fingerprint density at radius 1 is 1.56 bits per heavy atom. The number of likely N-dealkylation sites (N-methyl/N-ethyl adjacent to an activating group) is 1. The van der Waals surface area contributed by atoms with Crippen LogP contribution in [0.15, 0.2) is 22.8 Å². The molecule has 18 heavy (non-hydrogen) atoms. The summed E-state index contributed by atoms with van der Waals surface area (Å²) in [6.45, 7) is 6.54. The Labute approximate surface area is 110 Å². The zero-order valence-electron chi connectivity index (χ0n) is 11.7. The van der Waals surface area contributed by atoms with Crippen LogP contribution in [-0.4, -0.2) is 55.6 Å². The third kappa shape index (κ3) is 3.57. The second-order valence-corrected chi connectivity index (χ2v) is 5.46. The number of furan rings is 1. The fraction of sp³-hybridized carbons (Fsp3) is 0.714. The molecule has 0 aromatic carbocycles. The van der Waals surface area contributed by atoms with Gasteiger partial charge in [0.1, 0.15) is 5.76 Å². The van der Waals surface area contributed by atoms with Crippen molar-refractivity contribution in [2.75, 3.05) is 33.7 Å². The number of nitrogens with one attached hydrogen (secondary N) is 1. The average molecular weight is 251 g/mol. The van der Waals surface area contributed by atoms with Crippen molar-refractivity contribution in [2.24, 2.45) is 0 Å². The van der Waals surface area contributed by atoms with Gasteiger partial charge in [-0.25, -0.2) is 0 Å². The Morgan fingerprint density at radius 3 is 3.00 bits per heavy atom. The minimum Gasteiger partial charge on any atom is -0.468 e. The summed E-state index contributed by atoms with van der Waals surface area (Å²) >= 11 is 0. The van der Waals surface area contributed by atoms with E-state index < -0.39 is 0 Å². The Balaban J connectivity index is 1.67. The molecular weight excluding hydrogens is 226 g/mol. The second-order valence-electron chi connectivity index (χ2n) is 5.46. The van der Waals surface area contributed by atoms with Gasteiger partial charge < -0.3 is 14.6 Å². The first-order chi connectivity index (χ1) is 8.66. The van der Waals surface area contributed by atoms with Crippen molar-refractivity contribution in [3.05, 3.63) is 24.2 Å². The van der Waals surface area contributed by atoms with Crippen molar-refractivity contribution in [2.45, 2.75) is 32.0 Å². The van der Waals surface area contributed by atoms with Gasteiger partial charge in [0.05, 0.1) is 12.8 Å². The van der Waals surface area contributed by atoms with E-state index in [4.69, 9.17) is 4.42 Å². The fourth-order valence-electron chi connectivity index (χ4n) is 2.54. The SMILES string of the molecule is CC(CNCc1ccco1)N1CCC(N(C)C)C1. The largest absolute Gasteiger partial charge is 0.468 e. The van der Waals surface area contributed by atoms with Crippen molar-refractivity contribution in [1.29, 1.82) is 0 Å². The van der Waals surface area contributed by atoms with E-state index in [9.17, 15) is 0 Å². The van der Waals surface area contributed by atoms with Gasteiger partial charge in [0.2, 0.25) is 0 Å². The van der Waals surface area contributed by atoms with E-state index in [0.29, 0.717) is 6.04 Å². The number of nitrogens with zero attached hydrogens (tertiary/aromatic N) is 2. The molecule has 1 N–H and O–H groups in total. The van der Waals surface area contributed by atoms with Crippen molar-refractivity contribution in [3.8, 4) is 0 Å². The molecule has 1 aliphatic rings. The lowest BCUT2D eigenvalue weighted by Gasteiger charge is -2.26. The molecule has 1 saturated heterocycles. The van der Waals surface area contributed by atoms with Crippen LogP contribution in [0.1, 0.15) is 19.1 Å². The Hall–Kier alpha value is -0.840. The molecule has 0 saturated carbocycles. The minimum absolute atomic E-state index is 0.588. The molecule has 102 valence electrons. The lowest BCUT2D eigenvalue weighted by molar-refractivity contribution is 0.221. The van der Waals surface area contributed by atoms with E-state index >= 15 is 0 Å². The van der Waals surface area contributed by atoms with Crippen LogP contribution < -0.4 is 5.32 Å². The predicted octanol–water partition coefficient (Wildman–Crippen LogP) is 1.39. The van der Waals surface area contributed by atoms with Gasteiger partial charge >= 0.3 is 0 Å². The molecule has 2 rings (SSSR count). The molecule has 2 atom stereocenters. The first-order valence-electron chi connectivity index (χ1n) is 6.80. The van der Waals surface area contributed by atoms with Crippen molar-refractivity contribution in [3.63, 3.8) is 0 Å². The third-order valence-corrected chi connectivity index (χ3v) is 3.87. The van der Waals surface area contributed by atoms with Crippen LogP contribution in [0.2, 0.25) is 0 Å². The van der Waals surface area contributed by atoms with Crippen LogP contribution in [-0.2, 0) is 6.54 Å². The zero-order valence-corrected chi connectivity index (χ0v) is 11.7. The Kier molecular flexibility index (Phi) is 4.80. The van der Waals surface area contributed by atoms with E-state index in [1.807, 2.05) is 12.1 Å². The number of rotatable bonds is 6. The standard InChI is InChI=1S/C14H25N3O/c1-12(9-15-10-14-5-4-8-18-14)17-7-6-13(11-17)16(2)3/h4-5,8,12-13,15H,6-7,9-11H2,1-3H3. The Morgan fingerprint density at radius 2 is 2.39 bits per heavy atom. The van der Waals surface area contributed by atoms with Gasteiger partial charge in [0, 0.05) is 31.7 Å². The lowest BCUT2D eigenvalue weighted by atomic mass is 10.2. The number of hydrogen-bond donors (Lipinski definition) is 1. The molecule has 0 spiro atoms. The molecule has 1 aromatic heterocycles. The fourth-order valence-corrected chi connectivity index (χ4v) is 2.54. The van der Waals surface area contributed by atoms with E-state index in [-0.39, 0.29) is 0 Å². The van der Waals surface area contributed by atoms with Crippen molar-refractivity contribution < 1.29 is 4.42 Å². The highest BCUT2D eigenvalue weighted by Crippen LogP contribution is 2.15. The monoisotopic (exact) mass is 251 g/mol. The summed E-state index contributed by atoms with van der Waals surface area (Å²) in [7, 11) is 4.35. The number of hydrogen-bond acceptors (Lipinski definition) is 4. The maximum atomic E-state index is 5.31. The topological polar surface area (TPSA) is 31.7 Å². The number of likely N-dealkylation sites (tertiary alicyclic amines) is 1. The molecule has 1 aromatic rings. The first kappa shape index (κ1) is 13.6. The third-order valence-electron chi connectivity index (χ3n) is 3.87. The molecule has 0 bridgehead atoms. The highest BCUT2D eigenvalue weighted by Gasteiger charge is 2.26. The summed E-state index contributed by atoms with van der Waals surface area (Å²) < 4.78 is 5.31. The maximum absolute atomic E-state index is 5.31. The summed E-state index contributed by atoms with van der Waals surface area (Å²) in [6.07, 6.45) is 3.01. The average Bonchev–Trinajstić information content (AvgIpc) is 2.99. The van der Waals surface area contributed by atoms with Crippen LogP contribution in [0, 0.1) is 0 Å². The lowest BCUT2D eigenvalue weighted by Crippen LogP contribution is -2.40. The van der Waals surface area contributed by atoms with E-state index in [0.717, 1.165) is 24.9 Å². The van der Waals surface area contributed by atoms with Gasteiger partial charge in [0.25, 0.3) is 0 Å². The first-order valence-corrected chi connectivity index (χ1v) is 6.80. The quantitative estimate of drug-likeness (QED) is 0.828. The maximum Gasteiger partial charge on any atom is 0.117 e. The molecule has 0 amide bonds. The smallest absolute Gasteiger partial charge is 0.117 e. The summed E-state index contributed by atoms with van der Waals surface area (Å²) in [6, 6.07) is 5.25. The molecule has 0 radical (unpaired) electrons. The Bertz CT molecular complexity index is 337. The van der Waals surface area contributed by atoms with Crippen LogP contribution in [0.3, 0.4) is 0 Å². The zero-order chi connectivity index (χ0) is 13.0. The molecule has 1 fully saturated rings. The minimum atomic E-state index is 0.588. The summed E-state index contributed by atoms with van der Waals surface area (Å²) in [4.78, 5) is 4.91. The van der Waals surface area contributed by atoms with Crippen LogP contribution in [0.4, 0.5) is 0 Å². The highest BCUT2D eigenvalue weighted by atomic mass is 16.3. The van der Waals surface area contributed by atoms with E-state index in [2.05, 4.69) is 36.1 Å². The molecule has 4 nitrogen and oxygen atoms in total. The molecule has 2 unspecified atom stereocenters. The normalized spacial score (nSPS) is 22.8. The van der Waals surface area contributed by atoms with Crippen LogP contribution in [0.5, 0.6) is 0 Å². The van der Waals surface area contributed by atoms with Crippen molar-refractivity contribution >= 4 is 0 Å². The van der Waals surface area contributed by atoms with Gasteiger partial charge in [0.15, 0.2) is 0 Å². The predicted molar refractivity (Wildman–Crippen MR) is 73.5 cm³/mol. The molecular formula is C14H25N3O. The van der Waals surface area contributed by atoms with E-state index in [1.165, 1.54) is 19.5 Å². The molecule has 1 aliphatic heterocycles. The van der Waals surface area contributed by atoms with Gasteiger partial charge in [-0.3, -0.25) is 4.90 Å². The van der Waals surface area contributed by atoms with Crippen molar-refractivity contribution in [1.82, 2.24) is 15.1 Å².